The monoisotopic (exact) mass is 398 g/mol. The first-order valence-corrected chi connectivity index (χ1v) is 10.5. The molecule has 2 rings (SSSR count). The number of rotatable bonds is 8. The largest absolute Gasteiger partial charge is 0.455 e. The van der Waals surface area contributed by atoms with E-state index in [-0.39, 0.29) is 23.4 Å². The van der Waals surface area contributed by atoms with Gasteiger partial charge in [0.05, 0.1) is 24.0 Å². The number of hydrogen-bond donors (Lipinski definition) is 1. The molecule has 1 aromatic carbocycles. The van der Waals surface area contributed by atoms with Gasteiger partial charge >= 0.3 is 5.97 Å². The zero-order chi connectivity index (χ0) is 19.9. The summed E-state index contributed by atoms with van der Waals surface area (Å²) in [6.45, 7) is 4.81. The fourth-order valence-corrected chi connectivity index (χ4v) is 4.13. The van der Waals surface area contributed by atoms with Crippen LogP contribution in [0.4, 0.5) is 5.69 Å². The summed E-state index contributed by atoms with van der Waals surface area (Å²) in [4.78, 5) is 23.9. The second kappa shape index (κ2) is 9.82. The van der Waals surface area contributed by atoms with Gasteiger partial charge in [0.15, 0.2) is 6.61 Å². The zero-order valence-corrected chi connectivity index (χ0v) is 16.5. The Morgan fingerprint density at radius 1 is 1.15 bits per heavy atom. The zero-order valence-electron chi connectivity index (χ0n) is 15.6. The van der Waals surface area contributed by atoms with Crippen molar-refractivity contribution in [3.8, 4) is 0 Å². The lowest BCUT2D eigenvalue weighted by atomic mass is 10.0. The lowest BCUT2D eigenvalue weighted by Gasteiger charge is -2.26. The maximum atomic E-state index is 12.5. The Hall–Kier alpha value is -1.97. The summed E-state index contributed by atoms with van der Waals surface area (Å²) in [5.74, 6) is -1.07. The summed E-state index contributed by atoms with van der Waals surface area (Å²) < 4.78 is 36.7. The number of anilines is 1. The molecule has 0 saturated carbocycles. The van der Waals surface area contributed by atoms with Gasteiger partial charge in [0, 0.05) is 18.8 Å². The molecule has 0 aliphatic carbocycles. The molecule has 0 radical (unpaired) electrons. The predicted molar refractivity (Wildman–Crippen MR) is 99.7 cm³/mol. The first-order valence-electron chi connectivity index (χ1n) is 9.03. The Balaban J connectivity index is 1.91. The summed E-state index contributed by atoms with van der Waals surface area (Å²) >= 11 is 0. The third kappa shape index (κ3) is 5.75. The van der Waals surface area contributed by atoms with Crippen LogP contribution >= 0.6 is 0 Å². The number of carbonyl (C=O) groups excluding carboxylic acids is 2. The Kier molecular flexibility index (Phi) is 7.76. The maximum absolute atomic E-state index is 12.5. The fourth-order valence-electron chi connectivity index (χ4n) is 2.72. The number of amides is 1. The van der Waals surface area contributed by atoms with Gasteiger partial charge in [-0.2, -0.15) is 4.31 Å². The van der Waals surface area contributed by atoms with E-state index in [0.29, 0.717) is 44.8 Å². The van der Waals surface area contributed by atoms with E-state index in [2.05, 4.69) is 5.32 Å². The Bertz CT molecular complexity index is 738. The molecule has 1 N–H and O–H groups in total. The second-order valence-corrected chi connectivity index (χ2v) is 8.15. The standard InChI is InChI=1S/C18H26N2O6S/c1-3-14(4-2)18(22)26-13-17(21)19-15-5-7-16(8-6-15)27(23,24)20-9-11-25-12-10-20/h5-8,14H,3-4,9-13H2,1-2H3,(H,19,21). The average Bonchev–Trinajstić information content (AvgIpc) is 2.68. The van der Waals surface area contributed by atoms with Crippen molar-refractivity contribution >= 4 is 27.6 Å². The minimum absolute atomic E-state index is 0.155. The van der Waals surface area contributed by atoms with Crippen molar-refractivity contribution < 1.29 is 27.5 Å². The van der Waals surface area contributed by atoms with E-state index in [9.17, 15) is 18.0 Å². The molecule has 8 nitrogen and oxygen atoms in total. The van der Waals surface area contributed by atoms with E-state index in [1.807, 2.05) is 13.8 Å². The van der Waals surface area contributed by atoms with Crippen molar-refractivity contribution in [2.45, 2.75) is 31.6 Å². The molecule has 1 heterocycles. The van der Waals surface area contributed by atoms with Gasteiger partial charge in [0.1, 0.15) is 0 Å². The molecule has 1 aliphatic rings. The van der Waals surface area contributed by atoms with E-state index in [1.165, 1.54) is 28.6 Å². The van der Waals surface area contributed by atoms with Crippen molar-refractivity contribution in [2.24, 2.45) is 5.92 Å². The van der Waals surface area contributed by atoms with Gasteiger partial charge in [-0.1, -0.05) is 13.8 Å². The highest BCUT2D eigenvalue weighted by molar-refractivity contribution is 7.89. The number of nitrogens with zero attached hydrogens (tertiary/aromatic N) is 1. The number of sulfonamides is 1. The number of hydrogen-bond acceptors (Lipinski definition) is 6. The minimum Gasteiger partial charge on any atom is -0.455 e. The normalized spacial score (nSPS) is 15.5. The Morgan fingerprint density at radius 2 is 1.74 bits per heavy atom. The fraction of sp³-hybridized carbons (Fsp3) is 0.556. The molecule has 1 amide bonds. The quantitative estimate of drug-likeness (QED) is 0.668. The molecule has 0 unspecified atom stereocenters. The minimum atomic E-state index is -3.57. The topological polar surface area (TPSA) is 102 Å². The smallest absolute Gasteiger partial charge is 0.309 e. The van der Waals surface area contributed by atoms with Crippen LogP contribution in [0.5, 0.6) is 0 Å². The number of esters is 1. The van der Waals surface area contributed by atoms with Gasteiger partial charge in [-0.05, 0) is 37.1 Å². The van der Waals surface area contributed by atoms with Crippen LogP contribution in [0.2, 0.25) is 0 Å². The number of morpholine rings is 1. The molecular weight excluding hydrogens is 372 g/mol. The molecule has 0 atom stereocenters. The lowest BCUT2D eigenvalue weighted by molar-refractivity contribution is -0.151. The lowest BCUT2D eigenvalue weighted by Crippen LogP contribution is -2.40. The van der Waals surface area contributed by atoms with Crippen molar-refractivity contribution in [1.82, 2.24) is 4.31 Å². The van der Waals surface area contributed by atoms with E-state index < -0.39 is 15.9 Å². The predicted octanol–water partition coefficient (Wildman–Crippen LogP) is 1.63. The third-order valence-corrected chi connectivity index (χ3v) is 6.32. The van der Waals surface area contributed by atoms with E-state index in [4.69, 9.17) is 9.47 Å². The van der Waals surface area contributed by atoms with Crippen LogP contribution in [0.1, 0.15) is 26.7 Å². The molecule has 0 bridgehead atoms. The molecule has 0 aromatic heterocycles. The molecule has 1 aliphatic heterocycles. The number of ether oxygens (including phenoxy) is 2. The van der Waals surface area contributed by atoms with E-state index >= 15 is 0 Å². The van der Waals surface area contributed by atoms with Gasteiger partial charge in [-0.25, -0.2) is 8.42 Å². The molecule has 1 fully saturated rings. The number of nitrogens with one attached hydrogen (secondary N) is 1. The molecular formula is C18H26N2O6S. The van der Waals surface area contributed by atoms with Crippen LogP contribution in [0.3, 0.4) is 0 Å². The summed E-state index contributed by atoms with van der Waals surface area (Å²) in [5, 5.41) is 2.59. The van der Waals surface area contributed by atoms with Crippen molar-refractivity contribution in [3.63, 3.8) is 0 Å². The average molecular weight is 398 g/mol. The molecule has 9 heteroatoms. The van der Waals surface area contributed by atoms with Crippen LogP contribution in [0, 0.1) is 5.92 Å². The van der Waals surface area contributed by atoms with Crippen molar-refractivity contribution in [1.29, 1.82) is 0 Å². The van der Waals surface area contributed by atoms with E-state index in [1.54, 1.807) is 0 Å². The highest BCUT2D eigenvalue weighted by Gasteiger charge is 2.26. The van der Waals surface area contributed by atoms with Crippen LogP contribution in [-0.2, 0) is 29.1 Å². The molecule has 150 valence electrons. The third-order valence-electron chi connectivity index (χ3n) is 4.41. The molecule has 1 aromatic rings. The summed E-state index contributed by atoms with van der Waals surface area (Å²) in [5.41, 5.74) is 0.430. The van der Waals surface area contributed by atoms with Gasteiger partial charge in [-0.3, -0.25) is 9.59 Å². The van der Waals surface area contributed by atoms with Gasteiger partial charge in [0.25, 0.3) is 5.91 Å². The second-order valence-electron chi connectivity index (χ2n) is 6.21. The number of carbonyl (C=O) groups is 2. The Morgan fingerprint density at radius 3 is 2.30 bits per heavy atom. The number of benzene rings is 1. The SMILES string of the molecule is CCC(CC)C(=O)OCC(=O)Nc1ccc(S(=O)(=O)N2CCOCC2)cc1. The Labute approximate surface area is 159 Å². The summed E-state index contributed by atoms with van der Waals surface area (Å²) in [7, 11) is -3.57. The first-order chi connectivity index (χ1) is 12.9. The van der Waals surface area contributed by atoms with Crippen molar-refractivity contribution in [2.75, 3.05) is 38.2 Å². The molecule has 27 heavy (non-hydrogen) atoms. The summed E-state index contributed by atoms with van der Waals surface area (Å²) in [6.07, 6.45) is 1.33. The maximum Gasteiger partial charge on any atom is 0.309 e. The van der Waals surface area contributed by atoms with Gasteiger partial charge < -0.3 is 14.8 Å². The van der Waals surface area contributed by atoms with Crippen LogP contribution in [0.15, 0.2) is 29.2 Å². The van der Waals surface area contributed by atoms with Gasteiger partial charge in [-0.15, -0.1) is 0 Å². The van der Waals surface area contributed by atoms with E-state index in [0.717, 1.165) is 0 Å². The summed E-state index contributed by atoms with van der Waals surface area (Å²) in [6, 6.07) is 5.90. The van der Waals surface area contributed by atoms with Crippen LogP contribution in [-0.4, -0.2) is 57.5 Å². The van der Waals surface area contributed by atoms with Gasteiger partial charge in [0.2, 0.25) is 10.0 Å². The highest BCUT2D eigenvalue weighted by atomic mass is 32.2. The molecule has 1 saturated heterocycles. The van der Waals surface area contributed by atoms with Crippen LogP contribution < -0.4 is 5.32 Å². The van der Waals surface area contributed by atoms with Crippen LogP contribution in [0.25, 0.3) is 0 Å². The first kappa shape index (κ1) is 21.3. The highest BCUT2D eigenvalue weighted by Crippen LogP contribution is 2.19. The molecule has 0 spiro atoms. The van der Waals surface area contributed by atoms with Crippen molar-refractivity contribution in [3.05, 3.63) is 24.3 Å².